The molecule has 6 fully saturated rings. The standard InChI is InChI=1S/C62H78F3N11O8/c1-39-33-74(54-47(39)29-45(32-66-54)73-26-20-53(77)67-56(73)78)41-17-21-61(22-18-41)23-27-70(28-24-61)34-40-19-25-71(37-62(40,64)65)50-30-42(15-16-48(50)63)75-43-13-14-44(75)36-72(35-43)51-31-49(46-11-9-10-12-52(46)82-38-81-8)68-69-55(51)76(57(79)83-59(2,3)4)58(80)84-60(5,6)7/h9-12,15-16,29-33,40-41,43-44H,13-14,17-28,34-38H2,1-8H3,(H,67,77,78)/t40-,43?,44?/m0/s1. The molecule has 1 aliphatic carbocycles. The number of aryl methyl sites for hydroxylation is 1. The van der Waals surface area contributed by atoms with Crippen molar-refractivity contribution in [3.63, 3.8) is 0 Å². The summed E-state index contributed by atoms with van der Waals surface area (Å²) in [6, 6.07) is 15.5. The van der Waals surface area contributed by atoms with E-state index < -0.39 is 53.6 Å². The third kappa shape index (κ3) is 12.2. The number of anilines is 5. The lowest BCUT2D eigenvalue weighted by atomic mass is 9.67. The normalized spacial score (nSPS) is 22.2. The fourth-order valence-corrected chi connectivity index (χ4v) is 13.6. The second-order valence-electron chi connectivity index (χ2n) is 25.9. The van der Waals surface area contributed by atoms with Crippen LogP contribution in [0.15, 0.2) is 67.0 Å². The number of hydrogen-bond donors (Lipinski definition) is 1. The van der Waals surface area contributed by atoms with E-state index in [1.807, 2.05) is 24.3 Å². The van der Waals surface area contributed by atoms with E-state index in [1.165, 1.54) is 18.1 Å². The maximum absolute atomic E-state index is 16.5. The topological polar surface area (TPSA) is 180 Å². The fourth-order valence-electron chi connectivity index (χ4n) is 13.6. The van der Waals surface area contributed by atoms with Crippen LogP contribution in [0.25, 0.3) is 22.3 Å². The van der Waals surface area contributed by atoms with Crippen molar-refractivity contribution in [2.45, 2.75) is 148 Å². The third-order valence-corrected chi connectivity index (χ3v) is 17.8. The van der Waals surface area contributed by atoms with E-state index in [-0.39, 0.29) is 60.6 Å². The Hall–Kier alpha value is -7.20. The smallest absolute Gasteiger partial charge is 0.425 e. The molecule has 3 atom stereocenters. The van der Waals surface area contributed by atoms with Gasteiger partial charge in [0.15, 0.2) is 12.6 Å². The van der Waals surface area contributed by atoms with E-state index in [4.69, 9.17) is 23.9 Å². The number of rotatable bonds is 12. The van der Waals surface area contributed by atoms with Crippen LogP contribution in [0, 0.1) is 24.1 Å². The molecule has 2 unspecified atom stereocenters. The summed E-state index contributed by atoms with van der Waals surface area (Å²) >= 11 is 0. The lowest BCUT2D eigenvalue weighted by Crippen LogP contribution is -2.55. The maximum Gasteiger partial charge on any atom is 0.425 e. The van der Waals surface area contributed by atoms with Crippen molar-refractivity contribution < 1.29 is 51.3 Å². The Kier molecular flexibility index (Phi) is 16.0. The summed E-state index contributed by atoms with van der Waals surface area (Å²) < 4.78 is 74.1. The van der Waals surface area contributed by atoms with Gasteiger partial charge in [0.1, 0.15) is 28.4 Å². The van der Waals surface area contributed by atoms with E-state index >= 15 is 13.2 Å². The van der Waals surface area contributed by atoms with Gasteiger partial charge in [0.2, 0.25) is 5.91 Å². The molecule has 84 heavy (non-hydrogen) atoms. The SMILES string of the molecule is COCOc1ccccc1-c1cc(N2CC3CCC(C2)N3c2ccc(F)c(N3CC[C@@H](CN4CCC5(CCC(n6cc(C)c7cc(N8CCC(=O)NC8=O)cnc76)CC5)CC4)C(F)(F)C3)c2)c(N(C(=O)OC(C)(C)C)C(=O)OC(C)(C)C)nn1. The van der Waals surface area contributed by atoms with Gasteiger partial charge in [-0.3, -0.25) is 15.0 Å². The molecule has 5 aliphatic heterocycles. The van der Waals surface area contributed by atoms with Crippen molar-refractivity contribution in [1.29, 1.82) is 0 Å². The first-order chi connectivity index (χ1) is 39.9. The van der Waals surface area contributed by atoms with Crippen LogP contribution in [0.4, 0.5) is 56.1 Å². The van der Waals surface area contributed by atoms with E-state index in [0.717, 1.165) is 91.6 Å². The Labute approximate surface area is 488 Å². The highest BCUT2D eigenvalue weighted by Gasteiger charge is 2.48. The number of fused-ring (bicyclic) bond motifs is 3. The van der Waals surface area contributed by atoms with E-state index in [1.54, 1.807) is 76.9 Å². The quantitative estimate of drug-likeness (QED) is 0.116. The molecule has 11 rings (SSSR count). The number of alkyl halides is 2. The van der Waals surface area contributed by atoms with Gasteiger partial charge in [0, 0.05) is 93.1 Å². The zero-order valence-corrected chi connectivity index (χ0v) is 49.5. The molecule has 19 nitrogen and oxygen atoms in total. The van der Waals surface area contributed by atoms with Gasteiger partial charge in [-0.05, 0) is 173 Å². The third-order valence-electron chi connectivity index (χ3n) is 17.8. The number of likely N-dealkylation sites (tertiary alicyclic amines) is 1. The van der Waals surface area contributed by atoms with Crippen molar-refractivity contribution in [3.8, 4) is 17.0 Å². The molecule has 2 bridgehead atoms. The molecule has 3 aromatic heterocycles. The summed E-state index contributed by atoms with van der Waals surface area (Å²) in [5.74, 6) is -4.34. The van der Waals surface area contributed by atoms with Crippen LogP contribution in [0.2, 0.25) is 0 Å². The van der Waals surface area contributed by atoms with Crippen molar-refractivity contribution in [1.82, 2.24) is 30.0 Å². The molecule has 1 saturated carbocycles. The molecule has 6 aliphatic rings. The monoisotopic (exact) mass is 1160 g/mol. The van der Waals surface area contributed by atoms with Crippen molar-refractivity contribution in [3.05, 3.63) is 78.4 Å². The predicted molar refractivity (Wildman–Crippen MR) is 314 cm³/mol. The summed E-state index contributed by atoms with van der Waals surface area (Å²) in [5.41, 5.74) is 3.16. The van der Waals surface area contributed by atoms with Gasteiger partial charge in [-0.2, -0.15) is 4.90 Å². The van der Waals surface area contributed by atoms with Crippen LogP contribution < -0.4 is 34.6 Å². The molecule has 1 spiro atoms. The average Bonchev–Trinajstić information content (AvgIpc) is 2.45. The number of hydrogen-bond acceptors (Lipinski definition) is 15. The van der Waals surface area contributed by atoms with Crippen LogP contribution in [-0.2, 0) is 19.0 Å². The zero-order chi connectivity index (χ0) is 59.5. The number of ether oxygens (including phenoxy) is 4. The molecule has 450 valence electrons. The number of pyridine rings is 1. The Morgan fingerprint density at radius 2 is 1.48 bits per heavy atom. The number of urea groups is 1. The molecule has 1 N–H and O–H groups in total. The number of carbonyl (C=O) groups excluding carboxylic acids is 4. The summed E-state index contributed by atoms with van der Waals surface area (Å²) in [7, 11) is 1.52. The number of benzene rings is 2. The number of imide groups is 2. The number of amides is 5. The second-order valence-corrected chi connectivity index (χ2v) is 25.9. The number of piperidine rings is 2. The second kappa shape index (κ2) is 23.0. The van der Waals surface area contributed by atoms with Crippen LogP contribution >= 0.6 is 0 Å². The van der Waals surface area contributed by atoms with Gasteiger partial charge in [-0.15, -0.1) is 10.2 Å². The van der Waals surface area contributed by atoms with Crippen LogP contribution in [0.3, 0.4) is 0 Å². The maximum atomic E-state index is 16.5. The van der Waals surface area contributed by atoms with Gasteiger partial charge in [-0.1, -0.05) is 12.1 Å². The minimum atomic E-state index is -3.05. The summed E-state index contributed by atoms with van der Waals surface area (Å²) in [5, 5.41) is 12.5. The molecule has 5 amide bonds. The lowest BCUT2D eigenvalue weighted by molar-refractivity contribution is -0.120. The Morgan fingerprint density at radius 1 is 0.786 bits per heavy atom. The Balaban J connectivity index is 0.746. The molecular formula is C62H78F3N11O8. The zero-order valence-electron chi connectivity index (χ0n) is 49.5. The number of halogens is 3. The lowest BCUT2D eigenvalue weighted by Gasteiger charge is -2.48. The molecule has 5 saturated heterocycles. The van der Waals surface area contributed by atoms with Gasteiger partial charge in [0.05, 0.1) is 35.5 Å². The number of methoxy groups -OCH3 is 1. The summed E-state index contributed by atoms with van der Waals surface area (Å²) in [4.78, 5) is 67.8. The Morgan fingerprint density at radius 3 is 2.13 bits per heavy atom. The predicted octanol–water partition coefficient (Wildman–Crippen LogP) is 11.3. The molecule has 0 radical (unpaired) electrons. The van der Waals surface area contributed by atoms with Crippen LogP contribution in [-0.4, -0.2) is 144 Å². The molecule has 8 heterocycles. The van der Waals surface area contributed by atoms with Gasteiger partial charge in [-0.25, -0.2) is 32.5 Å². The van der Waals surface area contributed by atoms with E-state index in [0.29, 0.717) is 61.1 Å². The highest BCUT2D eigenvalue weighted by molar-refractivity contribution is 6.11. The first-order valence-corrected chi connectivity index (χ1v) is 29.6. The van der Waals surface area contributed by atoms with Crippen molar-refractivity contribution >= 4 is 63.7 Å². The number of piperazine rings is 1. The Bertz CT molecular complexity index is 3250. The highest BCUT2D eigenvalue weighted by Crippen LogP contribution is 2.50. The van der Waals surface area contributed by atoms with Crippen molar-refractivity contribution in [2.24, 2.45) is 11.3 Å². The summed E-state index contributed by atoms with van der Waals surface area (Å²) in [6.45, 7) is 14.9. The summed E-state index contributed by atoms with van der Waals surface area (Å²) in [6.07, 6.45) is 9.93. The number of nitrogens with zero attached hydrogens (tertiary/aromatic N) is 10. The van der Waals surface area contributed by atoms with Gasteiger partial charge in [0.25, 0.3) is 5.92 Å². The minimum Gasteiger partial charge on any atom is -0.467 e. The van der Waals surface area contributed by atoms with Gasteiger partial charge < -0.3 is 43.1 Å². The first-order valence-electron chi connectivity index (χ1n) is 29.6. The largest absolute Gasteiger partial charge is 0.467 e. The van der Waals surface area contributed by atoms with Crippen LogP contribution in [0.1, 0.15) is 117 Å². The van der Waals surface area contributed by atoms with Gasteiger partial charge >= 0.3 is 18.2 Å². The van der Waals surface area contributed by atoms with E-state index in [2.05, 4.69) is 47.9 Å². The molecule has 2 aromatic carbocycles. The van der Waals surface area contributed by atoms with E-state index in [9.17, 15) is 19.2 Å². The number of aromatic nitrogens is 4. The first kappa shape index (κ1) is 58.6. The number of para-hydroxylation sites is 1. The molecule has 22 heteroatoms. The van der Waals surface area contributed by atoms with Crippen molar-refractivity contribution in [2.75, 3.05) is 90.8 Å². The molecular weight excluding hydrogens is 1080 g/mol. The number of nitrogens with one attached hydrogen (secondary N) is 1. The molecule has 5 aromatic rings. The fraction of sp³-hybridized carbons (Fsp3) is 0.565. The highest BCUT2D eigenvalue weighted by atomic mass is 19.3. The van der Waals surface area contributed by atoms with Crippen LogP contribution in [0.5, 0.6) is 5.75 Å². The number of carbonyl (C=O) groups is 4. The average molecular weight is 1160 g/mol. The minimum absolute atomic E-state index is 0.0191.